The van der Waals surface area contributed by atoms with Crippen LogP contribution in [-0.4, -0.2) is 32.5 Å². The first kappa shape index (κ1) is 22.6. The molecule has 162 valence electrons. The number of rotatable bonds is 9. The Morgan fingerprint density at radius 1 is 1.03 bits per heavy atom. The molecular weight excluding hydrogens is 438 g/mol. The molecule has 1 aromatic heterocycles. The SMILES string of the molecule is CCOc1ccc(N(CC(=O)NCc2ccncc2)S(=O)(=O)c2ccc(Cl)cc2)cc1. The first-order valence-electron chi connectivity index (χ1n) is 9.57. The van der Waals surface area contributed by atoms with Gasteiger partial charge in [-0.1, -0.05) is 11.6 Å². The van der Waals surface area contributed by atoms with Crippen LogP contribution in [0.15, 0.2) is 78.0 Å². The number of carbonyl (C=O) groups excluding carboxylic acids is 1. The van der Waals surface area contributed by atoms with E-state index in [0.29, 0.717) is 23.1 Å². The highest BCUT2D eigenvalue weighted by Gasteiger charge is 2.27. The summed E-state index contributed by atoms with van der Waals surface area (Å²) in [6, 6.07) is 15.9. The van der Waals surface area contributed by atoms with Gasteiger partial charge in [0.25, 0.3) is 10.0 Å². The van der Waals surface area contributed by atoms with E-state index < -0.39 is 15.9 Å². The molecule has 1 heterocycles. The Kier molecular flexibility index (Phi) is 7.49. The lowest BCUT2D eigenvalue weighted by atomic mass is 10.2. The number of nitrogens with zero attached hydrogens (tertiary/aromatic N) is 2. The van der Waals surface area contributed by atoms with Crippen molar-refractivity contribution in [1.29, 1.82) is 0 Å². The van der Waals surface area contributed by atoms with E-state index in [9.17, 15) is 13.2 Å². The van der Waals surface area contributed by atoms with Crippen LogP contribution < -0.4 is 14.4 Å². The molecule has 2 aromatic carbocycles. The Morgan fingerprint density at radius 3 is 2.29 bits per heavy atom. The molecule has 0 unspecified atom stereocenters. The molecule has 7 nitrogen and oxygen atoms in total. The number of ether oxygens (including phenoxy) is 1. The maximum absolute atomic E-state index is 13.3. The summed E-state index contributed by atoms with van der Waals surface area (Å²) in [5, 5.41) is 3.16. The molecule has 0 fully saturated rings. The van der Waals surface area contributed by atoms with Crippen molar-refractivity contribution >= 4 is 33.2 Å². The number of pyridine rings is 1. The minimum absolute atomic E-state index is 0.0349. The first-order chi connectivity index (χ1) is 14.9. The molecule has 1 N–H and O–H groups in total. The van der Waals surface area contributed by atoms with Crippen LogP contribution in [0.4, 0.5) is 5.69 Å². The lowest BCUT2D eigenvalue weighted by molar-refractivity contribution is -0.119. The van der Waals surface area contributed by atoms with Crippen LogP contribution in [0.3, 0.4) is 0 Å². The van der Waals surface area contributed by atoms with Crippen molar-refractivity contribution in [1.82, 2.24) is 10.3 Å². The van der Waals surface area contributed by atoms with Crippen LogP contribution in [0.1, 0.15) is 12.5 Å². The molecule has 0 saturated heterocycles. The predicted molar refractivity (Wildman–Crippen MR) is 120 cm³/mol. The third-order valence-electron chi connectivity index (χ3n) is 4.36. The molecule has 0 aliphatic carbocycles. The summed E-state index contributed by atoms with van der Waals surface area (Å²) >= 11 is 5.90. The lowest BCUT2D eigenvalue weighted by Gasteiger charge is -2.24. The molecule has 0 bridgehead atoms. The van der Waals surface area contributed by atoms with E-state index >= 15 is 0 Å². The fraction of sp³-hybridized carbons (Fsp3) is 0.182. The number of carbonyl (C=O) groups is 1. The van der Waals surface area contributed by atoms with Gasteiger partial charge in [-0.2, -0.15) is 0 Å². The highest BCUT2D eigenvalue weighted by molar-refractivity contribution is 7.92. The third-order valence-corrected chi connectivity index (χ3v) is 6.40. The molecule has 0 atom stereocenters. The van der Waals surface area contributed by atoms with Gasteiger partial charge in [0.2, 0.25) is 5.91 Å². The smallest absolute Gasteiger partial charge is 0.264 e. The molecular formula is C22H22ClN3O4S. The normalized spacial score (nSPS) is 11.0. The Morgan fingerprint density at radius 2 is 1.68 bits per heavy atom. The average molecular weight is 460 g/mol. The van der Waals surface area contributed by atoms with E-state index in [1.165, 1.54) is 24.3 Å². The molecule has 0 radical (unpaired) electrons. The monoisotopic (exact) mass is 459 g/mol. The molecule has 31 heavy (non-hydrogen) atoms. The number of nitrogens with one attached hydrogen (secondary N) is 1. The zero-order chi connectivity index (χ0) is 22.3. The van der Waals surface area contributed by atoms with Gasteiger partial charge in [-0.25, -0.2) is 8.42 Å². The van der Waals surface area contributed by atoms with E-state index in [-0.39, 0.29) is 18.0 Å². The van der Waals surface area contributed by atoms with E-state index in [1.54, 1.807) is 48.8 Å². The summed E-state index contributed by atoms with van der Waals surface area (Å²) in [4.78, 5) is 16.6. The van der Waals surface area contributed by atoms with Gasteiger partial charge in [-0.15, -0.1) is 0 Å². The van der Waals surface area contributed by atoms with Crippen LogP contribution in [0.5, 0.6) is 5.75 Å². The fourth-order valence-electron chi connectivity index (χ4n) is 2.81. The maximum Gasteiger partial charge on any atom is 0.264 e. The van der Waals surface area contributed by atoms with E-state index in [1.807, 2.05) is 6.92 Å². The minimum Gasteiger partial charge on any atom is -0.494 e. The Hall–Kier alpha value is -3.10. The second-order valence-corrected chi connectivity index (χ2v) is 8.82. The van der Waals surface area contributed by atoms with E-state index in [0.717, 1.165) is 9.87 Å². The van der Waals surface area contributed by atoms with Gasteiger partial charge in [0.05, 0.1) is 17.2 Å². The molecule has 0 aliphatic heterocycles. The highest BCUT2D eigenvalue weighted by atomic mass is 35.5. The number of sulfonamides is 1. The maximum atomic E-state index is 13.3. The van der Waals surface area contributed by atoms with E-state index in [4.69, 9.17) is 16.3 Å². The summed E-state index contributed by atoms with van der Waals surface area (Å²) in [6.07, 6.45) is 3.25. The van der Waals surface area contributed by atoms with Crippen molar-refractivity contribution in [2.24, 2.45) is 0 Å². The highest BCUT2D eigenvalue weighted by Crippen LogP contribution is 2.26. The van der Waals surface area contributed by atoms with E-state index in [2.05, 4.69) is 10.3 Å². The number of halogens is 1. The number of amides is 1. The quantitative estimate of drug-likeness (QED) is 0.527. The number of aromatic nitrogens is 1. The van der Waals surface area contributed by atoms with Gasteiger partial charge in [0, 0.05) is 24.0 Å². The van der Waals surface area contributed by atoms with Gasteiger partial charge >= 0.3 is 0 Å². The number of hydrogen-bond donors (Lipinski definition) is 1. The van der Waals surface area contributed by atoms with Crippen LogP contribution >= 0.6 is 11.6 Å². The topological polar surface area (TPSA) is 88.6 Å². The standard InChI is InChI=1S/C22H22ClN3O4S/c1-2-30-20-7-5-19(6-8-20)26(31(28,29)21-9-3-18(23)4-10-21)16-22(27)25-15-17-11-13-24-14-12-17/h3-14H,2,15-16H2,1H3,(H,25,27). The van der Waals surface area contributed by atoms with Gasteiger partial charge in [-0.05, 0) is 73.2 Å². The largest absolute Gasteiger partial charge is 0.494 e. The van der Waals surface area contributed by atoms with Gasteiger partial charge < -0.3 is 10.1 Å². The van der Waals surface area contributed by atoms with Gasteiger partial charge in [0.15, 0.2) is 0 Å². The molecule has 3 rings (SSSR count). The van der Waals surface area contributed by atoms with Crippen LogP contribution in [-0.2, 0) is 21.4 Å². The Balaban J connectivity index is 1.86. The zero-order valence-electron chi connectivity index (χ0n) is 16.9. The van der Waals surface area contributed by atoms with Crippen molar-refractivity contribution < 1.29 is 17.9 Å². The first-order valence-corrected chi connectivity index (χ1v) is 11.4. The molecule has 9 heteroatoms. The third kappa shape index (κ3) is 5.96. The van der Waals surface area contributed by atoms with Gasteiger partial charge in [0.1, 0.15) is 12.3 Å². The molecule has 0 aliphatic rings. The zero-order valence-corrected chi connectivity index (χ0v) is 18.4. The van der Waals surface area contributed by atoms with Gasteiger partial charge in [-0.3, -0.25) is 14.1 Å². The summed E-state index contributed by atoms with van der Waals surface area (Å²) in [6.45, 7) is 2.23. The van der Waals surface area contributed by atoms with Crippen molar-refractivity contribution in [3.05, 3.63) is 83.6 Å². The van der Waals surface area contributed by atoms with Crippen LogP contribution in [0.25, 0.3) is 0 Å². The molecule has 3 aromatic rings. The summed E-state index contributed by atoms with van der Waals surface area (Å²) < 4.78 is 33.1. The Labute approximate surface area is 186 Å². The fourth-order valence-corrected chi connectivity index (χ4v) is 4.36. The number of hydrogen-bond acceptors (Lipinski definition) is 5. The number of anilines is 1. The summed E-state index contributed by atoms with van der Waals surface area (Å²) in [5.41, 5.74) is 1.20. The minimum atomic E-state index is -4.01. The van der Waals surface area contributed by atoms with Crippen molar-refractivity contribution in [3.63, 3.8) is 0 Å². The lowest BCUT2D eigenvalue weighted by Crippen LogP contribution is -2.40. The second-order valence-electron chi connectivity index (χ2n) is 6.52. The average Bonchev–Trinajstić information content (AvgIpc) is 2.78. The number of benzene rings is 2. The second kappa shape index (κ2) is 10.3. The van der Waals surface area contributed by atoms with Crippen LogP contribution in [0, 0.1) is 0 Å². The van der Waals surface area contributed by atoms with Crippen LogP contribution in [0.2, 0.25) is 5.02 Å². The molecule has 0 spiro atoms. The van der Waals surface area contributed by atoms with Crippen molar-refractivity contribution in [2.45, 2.75) is 18.4 Å². The Bertz CT molecular complexity index is 1110. The predicted octanol–water partition coefficient (Wildman–Crippen LogP) is 3.65. The molecule has 1 amide bonds. The summed E-state index contributed by atoms with van der Waals surface area (Å²) in [7, 11) is -4.01. The molecule has 0 saturated carbocycles. The van der Waals surface area contributed by atoms with Crippen molar-refractivity contribution in [3.8, 4) is 5.75 Å². The van der Waals surface area contributed by atoms with Crippen molar-refractivity contribution in [2.75, 3.05) is 17.5 Å². The summed E-state index contributed by atoms with van der Waals surface area (Å²) in [5.74, 6) is 0.167.